The van der Waals surface area contributed by atoms with Crippen LogP contribution in [-0.2, 0) is 0 Å². The maximum absolute atomic E-state index is 11.8. The predicted octanol–water partition coefficient (Wildman–Crippen LogP) is 2.22. The van der Waals surface area contributed by atoms with Crippen LogP contribution in [0.1, 0.15) is 51.5 Å². The van der Waals surface area contributed by atoms with E-state index in [1.807, 2.05) is 20.8 Å². The molecule has 0 bridgehead atoms. The van der Waals surface area contributed by atoms with Crippen molar-refractivity contribution in [3.8, 4) is 0 Å². The molecule has 0 aliphatic heterocycles. The van der Waals surface area contributed by atoms with E-state index in [2.05, 4.69) is 34.7 Å². The Morgan fingerprint density at radius 1 is 1.33 bits per heavy atom. The first-order chi connectivity index (χ1) is 8.31. The maximum Gasteiger partial charge on any atom is 0.272 e. The number of hydrogen-bond acceptors (Lipinski definition) is 4. The van der Waals surface area contributed by atoms with Crippen molar-refractivity contribution in [1.82, 2.24) is 15.5 Å². The van der Waals surface area contributed by atoms with Gasteiger partial charge in [-0.3, -0.25) is 4.79 Å². The summed E-state index contributed by atoms with van der Waals surface area (Å²) in [5.74, 6) is 0.488. The predicted molar refractivity (Wildman–Crippen MR) is 72.6 cm³/mol. The second-order valence-electron chi connectivity index (χ2n) is 5.46. The van der Waals surface area contributed by atoms with E-state index in [0.29, 0.717) is 17.6 Å². The van der Waals surface area contributed by atoms with E-state index in [1.165, 1.54) is 0 Å². The van der Waals surface area contributed by atoms with Gasteiger partial charge in [0.1, 0.15) is 5.82 Å². The molecule has 0 spiro atoms. The first-order valence-corrected chi connectivity index (χ1v) is 6.24. The van der Waals surface area contributed by atoms with Crippen molar-refractivity contribution >= 4 is 11.7 Å². The van der Waals surface area contributed by atoms with Crippen molar-refractivity contribution < 1.29 is 4.79 Å². The zero-order chi connectivity index (χ0) is 13.8. The van der Waals surface area contributed by atoms with Crippen LogP contribution in [0.5, 0.6) is 0 Å². The van der Waals surface area contributed by atoms with Crippen LogP contribution in [0.4, 0.5) is 5.82 Å². The number of nitrogens with zero attached hydrogens (tertiary/aromatic N) is 2. The zero-order valence-corrected chi connectivity index (χ0v) is 11.7. The van der Waals surface area contributed by atoms with Gasteiger partial charge >= 0.3 is 0 Å². The molecule has 2 N–H and O–H groups in total. The highest BCUT2D eigenvalue weighted by molar-refractivity contribution is 5.92. The third-order valence-electron chi connectivity index (χ3n) is 2.39. The van der Waals surface area contributed by atoms with E-state index in [4.69, 9.17) is 0 Å². The number of aromatic nitrogens is 2. The summed E-state index contributed by atoms with van der Waals surface area (Å²) in [6.45, 7) is 9.95. The molecule has 1 rings (SSSR count). The Kier molecular flexibility index (Phi) is 4.64. The molecular weight excluding hydrogens is 228 g/mol. The van der Waals surface area contributed by atoms with Crippen LogP contribution in [0.2, 0.25) is 0 Å². The molecule has 0 radical (unpaired) electrons. The monoisotopic (exact) mass is 250 g/mol. The highest BCUT2D eigenvalue weighted by Crippen LogP contribution is 2.07. The van der Waals surface area contributed by atoms with Crippen LogP contribution in [0.25, 0.3) is 0 Å². The number of amides is 1. The first kappa shape index (κ1) is 14.4. The number of rotatable bonds is 4. The smallest absolute Gasteiger partial charge is 0.272 e. The van der Waals surface area contributed by atoms with Crippen molar-refractivity contribution in [2.75, 3.05) is 5.32 Å². The molecule has 18 heavy (non-hydrogen) atoms. The topological polar surface area (TPSA) is 66.9 Å². The Morgan fingerprint density at radius 2 is 2.00 bits per heavy atom. The van der Waals surface area contributed by atoms with Crippen molar-refractivity contribution in [2.24, 2.45) is 0 Å². The summed E-state index contributed by atoms with van der Waals surface area (Å²) in [6.07, 6.45) is 1.01. The quantitative estimate of drug-likeness (QED) is 0.859. The highest BCUT2D eigenvalue weighted by Gasteiger charge is 2.16. The number of anilines is 1. The Morgan fingerprint density at radius 3 is 2.44 bits per heavy atom. The molecule has 0 fully saturated rings. The van der Waals surface area contributed by atoms with E-state index < -0.39 is 0 Å². The normalized spacial score (nSPS) is 12.9. The van der Waals surface area contributed by atoms with Gasteiger partial charge in [-0.1, -0.05) is 6.92 Å². The minimum Gasteiger partial charge on any atom is -0.366 e. The van der Waals surface area contributed by atoms with Gasteiger partial charge in [-0.05, 0) is 46.2 Å². The van der Waals surface area contributed by atoms with Gasteiger partial charge < -0.3 is 10.6 Å². The number of nitrogens with one attached hydrogen (secondary N) is 2. The molecular formula is C13H22N4O. The third kappa shape index (κ3) is 4.69. The molecule has 1 aromatic heterocycles. The summed E-state index contributed by atoms with van der Waals surface area (Å²) in [5, 5.41) is 14.0. The van der Waals surface area contributed by atoms with Crippen LogP contribution in [0.15, 0.2) is 12.1 Å². The largest absolute Gasteiger partial charge is 0.366 e. The van der Waals surface area contributed by atoms with E-state index in [0.717, 1.165) is 6.42 Å². The Balaban J connectivity index is 2.68. The van der Waals surface area contributed by atoms with Crippen molar-refractivity contribution in [3.63, 3.8) is 0 Å². The Bertz CT molecular complexity index is 394. The van der Waals surface area contributed by atoms with Crippen LogP contribution in [0, 0.1) is 0 Å². The second kappa shape index (κ2) is 5.80. The lowest BCUT2D eigenvalue weighted by Crippen LogP contribution is -2.41. The summed E-state index contributed by atoms with van der Waals surface area (Å²) in [6, 6.07) is 3.80. The average Bonchev–Trinajstić information content (AvgIpc) is 2.27. The minimum absolute atomic E-state index is 0.204. The molecule has 1 atom stereocenters. The summed E-state index contributed by atoms with van der Waals surface area (Å²) < 4.78 is 0. The van der Waals surface area contributed by atoms with Gasteiger partial charge in [0.2, 0.25) is 0 Å². The van der Waals surface area contributed by atoms with Gasteiger partial charge in [0.15, 0.2) is 5.69 Å². The summed E-state index contributed by atoms with van der Waals surface area (Å²) in [4.78, 5) is 11.8. The third-order valence-corrected chi connectivity index (χ3v) is 2.39. The molecule has 1 unspecified atom stereocenters. The fraction of sp³-hybridized carbons (Fsp3) is 0.615. The molecule has 0 aliphatic rings. The summed E-state index contributed by atoms with van der Waals surface area (Å²) in [5.41, 5.74) is 0.0616. The van der Waals surface area contributed by atoms with E-state index in [-0.39, 0.29) is 11.4 Å². The maximum atomic E-state index is 11.8. The molecule has 0 aliphatic carbocycles. The fourth-order valence-electron chi connectivity index (χ4n) is 1.29. The highest BCUT2D eigenvalue weighted by atomic mass is 16.2. The molecule has 0 saturated heterocycles. The number of carbonyl (C=O) groups is 1. The fourth-order valence-corrected chi connectivity index (χ4v) is 1.29. The van der Waals surface area contributed by atoms with Crippen LogP contribution >= 0.6 is 0 Å². The SMILES string of the molecule is CCC(C)Nc1ccc(C(=O)NC(C)(C)C)nn1. The standard InChI is InChI=1S/C13H22N4O/c1-6-9(2)14-11-8-7-10(16-17-11)12(18)15-13(3,4)5/h7-9H,6H2,1-5H3,(H,14,17)(H,15,18). The van der Waals surface area contributed by atoms with Crippen molar-refractivity contribution in [2.45, 2.75) is 52.6 Å². The molecule has 1 heterocycles. The second-order valence-corrected chi connectivity index (χ2v) is 5.46. The van der Waals surface area contributed by atoms with E-state index in [9.17, 15) is 4.79 Å². The van der Waals surface area contributed by atoms with Gasteiger partial charge in [-0.25, -0.2) is 0 Å². The molecule has 1 amide bonds. The van der Waals surface area contributed by atoms with Gasteiger partial charge in [-0.15, -0.1) is 10.2 Å². The summed E-state index contributed by atoms with van der Waals surface area (Å²) >= 11 is 0. The molecule has 5 nitrogen and oxygen atoms in total. The number of carbonyl (C=O) groups excluding carboxylic acids is 1. The molecule has 1 aromatic rings. The first-order valence-electron chi connectivity index (χ1n) is 6.24. The zero-order valence-electron chi connectivity index (χ0n) is 11.7. The van der Waals surface area contributed by atoms with Gasteiger partial charge in [0, 0.05) is 11.6 Å². The van der Waals surface area contributed by atoms with Gasteiger partial charge in [-0.2, -0.15) is 0 Å². The lowest BCUT2D eigenvalue weighted by molar-refractivity contribution is 0.0913. The van der Waals surface area contributed by atoms with Gasteiger partial charge in [0.05, 0.1) is 0 Å². The van der Waals surface area contributed by atoms with Crippen molar-refractivity contribution in [1.29, 1.82) is 0 Å². The molecule has 5 heteroatoms. The molecule has 0 saturated carbocycles. The van der Waals surface area contributed by atoms with E-state index in [1.54, 1.807) is 12.1 Å². The summed E-state index contributed by atoms with van der Waals surface area (Å²) in [7, 11) is 0. The Hall–Kier alpha value is -1.65. The van der Waals surface area contributed by atoms with Crippen LogP contribution in [-0.4, -0.2) is 27.7 Å². The van der Waals surface area contributed by atoms with Crippen LogP contribution < -0.4 is 10.6 Å². The van der Waals surface area contributed by atoms with Crippen LogP contribution in [0.3, 0.4) is 0 Å². The lowest BCUT2D eigenvalue weighted by Gasteiger charge is -2.20. The van der Waals surface area contributed by atoms with Gasteiger partial charge in [0.25, 0.3) is 5.91 Å². The number of hydrogen-bond donors (Lipinski definition) is 2. The van der Waals surface area contributed by atoms with Crippen molar-refractivity contribution in [3.05, 3.63) is 17.8 Å². The minimum atomic E-state index is -0.271. The van der Waals surface area contributed by atoms with E-state index >= 15 is 0 Å². The molecule has 100 valence electrons. The lowest BCUT2D eigenvalue weighted by atomic mass is 10.1. The molecule has 0 aromatic carbocycles. The average molecular weight is 250 g/mol. The Labute approximate surface area is 108 Å².